The molecule has 0 amide bonds. The fraction of sp³-hybridized carbons (Fsp3) is 0.867. The molecule has 17 nitrogen and oxygen atoms in total. The SMILES string of the molecule is C=C1CO/N=C2\[C@H](C)C[C@@](C)(OC1)[C@H](O[C@@H]1O[C@H](C)C[C@H](N(C)C)[C@H]1OC(C)=O)[C@@H](C)[C@H](OC1C[C@@](C)(OC)[C@@H](OC(C)=O)[C@H](C)O1)[C@@H](C)C(=O)O[C@H](CC)[C@@](C)(O)[C@H](O)[C@H]2C. The van der Waals surface area contributed by atoms with Gasteiger partial charge in [-0.2, -0.15) is 0 Å². The summed E-state index contributed by atoms with van der Waals surface area (Å²) >= 11 is 0. The van der Waals surface area contributed by atoms with Gasteiger partial charge in [0.25, 0.3) is 0 Å². The van der Waals surface area contributed by atoms with Gasteiger partial charge in [0, 0.05) is 45.1 Å². The van der Waals surface area contributed by atoms with Crippen molar-refractivity contribution in [3.05, 3.63) is 12.2 Å². The summed E-state index contributed by atoms with van der Waals surface area (Å²) < 4.78 is 57.9. The van der Waals surface area contributed by atoms with Crippen LogP contribution < -0.4 is 0 Å². The molecule has 0 aromatic heterocycles. The fourth-order valence-corrected chi connectivity index (χ4v) is 9.91. The number of aliphatic hydroxyl groups excluding tert-OH is 1. The first-order valence-corrected chi connectivity index (χ1v) is 22.1. The van der Waals surface area contributed by atoms with E-state index in [4.69, 9.17) is 47.5 Å². The van der Waals surface area contributed by atoms with Crippen molar-refractivity contribution in [1.82, 2.24) is 4.90 Å². The molecule has 0 saturated carbocycles. The van der Waals surface area contributed by atoms with Crippen LogP contribution in [0.2, 0.25) is 0 Å². The van der Waals surface area contributed by atoms with E-state index in [1.807, 2.05) is 46.7 Å². The lowest BCUT2D eigenvalue weighted by molar-refractivity contribution is -0.321. The van der Waals surface area contributed by atoms with Gasteiger partial charge in [0.15, 0.2) is 24.8 Å². The summed E-state index contributed by atoms with van der Waals surface area (Å²) in [6, 6.07) is -0.287. The van der Waals surface area contributed by atoms with Gasteiger partial charge in [0.05, 0.1) is 60.4 Å². The molecule has 4 heterocycles. The molecule has 17 heteroatoms. The van der Waals surface area contributed by atoms with Crippen molar-refractivity contribution in [2.24, 2.45) is 28.8 Å². The van der Waals surface area contributed by atoms with E-state index < -0.39 is 114 Å². The molecular formula is C45H76N2O15. The van der Waals surface area contributed by atoms with Crippen molar-refractivity contribution in [3.63, 3.8) is 0 Å². The van der Waals surface area contributed by atoms with Crippen molar-refractivity contribution >= 4 is 23.6 Å². The number of oxime groups is 1. The molecule has 0 spiro atoms. The van der Waals surface area contributed by atoms with E-state index in [1.165, 1.54) is 27.9 Å². The Hall–Kier alpha value is -2.74. The largest absolute Gasteiger partial charge is 0.459 e. The lowest BCUT2D eigenvalue weighted by atomic mass is 9.73. The molecule has 4 aliphatic heterocycles. The Kier molecular flexibility index (Phi) is 17.6. The van der Waals surface area contributed by atoms with Crippen molar-refractivity contribution in [2.45, 2.75) is 193 Å². The van der Waals surface area contributed by atoms with Crippen LogP contribution in [0.4, 0.5) is 0 Å². The monoisotopic (exact) mass is 885 g/mol. The fourth-order valence-electron chi connectivity index (χ4n) is 9.91. The van der Waals surface area contributed by atoms with Crippen molar-refractivity contribution < 1.29 is 72.1 Å². The second kappa shape index (κ2) is 21.0. The Morgan fingerprint density at radius 3 is 2.15 bits per heavy atom. The maximum absolute atomic E-state index is 14.6. The Morgan fingerprint density at radius 1 is 0.919 bits per heavy atom. The highest BCUT2D eigenvalue weighted by atomic mass is 16.7. The van der Waals surface area contributed by atoms with Crippen molar-refractivity contribution in [3.8, 4) is 0 Å². The summed E-state index contributed by atoms with van der Waals surface area (Å²) in [6.07, 6.45) is -8.37. The second-order valence-corrected chi connectivity index (χ2v) is 19.0. The third kappa shape index (κ3) is 11.7. The highest BCUT2D eigenvalue weighted by molar-refractivity contribution is 5.89. The molecule has 3 fully saturated rings. The predicted octanol–water partition coefficient (Wildman–Crippen LogP) is 4.32. The minimum atomic E-state index is -1.93. The molecule has 0 aromatic carbocycles. The van der Waals surface area contributed by atoms with Crippen molar-refractivity contribution in [2.75, 3.05) is 34.4 Å². The van der Waals surface area contributed by atoms with E-state index in [0.29, 0.717) is 17.7 Å². The van der Waals surface area contributed by atoms with Gasteiger partial charge in [-0.15, -0.1) is 0 Å². The molecule has 3 saturated heterocycles. The first-order valence-electron chi connectivity index (χ1n) is 22.1. The summed E-state index contributed by atoms with van der Waals surface area (Å²) in [6.45, 7) is 24.7. The number of cyclic esters (lactones) is 1. The highest BCUT2D eigenvalue weighted by Crippen LogP contribution is 2.43. The molecule has 18 atom stereocenters. The molecule has 4 rings (SSSR count). The first-order chi connectivity index (χ1) is 28.8. The quantitative estimate of drug-likeness (QED) is 0.188. The molecular weight excluding hydrogens is 808 g/mol. The molecule has 356 valence electrons. The Balaban J connectivity index is 1.98. The first kappa shape index (κ1) is 51.9. The summed E-state index contributed by atoms with van der Waals surface area (Å²) in [7, 11) is 5.33. The van der Waals surface area contributed by atoms with Crippen LogP contribution in [-0.2, 0) is 61.9 Å². The number of methoxy groups -OCH3 is 1. The maximum atomic E-state index is 14.6. The van der Waals surface area contributed by atoms with Crippen LogP contribution in [0.1, 0.15) is 109 Å². The van der Waals surface area contributed by atoms with Gasteiger partial charge in [-0.05, 0) is 80.5 Å². The summed E-state index contributed by atoms with van der Waals surface area (Å²) in [4.78, 5) is 47.3. The summed E-state index contributed by atoms with van der Waals surface area (Å²) in [5, 5.41) is 28.6. The van der Waals surface area contributed by atoms with Crippen LogP contribution in [-0.4, -0.2) is 157 Å². The lowest BCUT2D eigenvalue weighted by Gasteiger charge is -2.50. The molecule has 0 aliphatic carbocycles. The average molecular weight is 885 g/mol. The average Bonchev–Trinajstić information content (AvgIpc) is 3.18. The van der Waals surface area contributed by atoms with Crippen LogP contribution >= 0.6 is 0 Å². The van der Waals surface area contributed by atoms with Gasteiger partial charge in [0.1, 0.15) is 23.9 Å². The molecule has 1 unspecified atom stereocenters. The molecule has 0 radical (unpaired) electrons. The number of hydrogen-bond donors (Lipinski definition) is 2. The smallest absolute Gasteiger partial charge is 0.311 e. The third-order valence-corrected chi connectivity index (χ3v) is 13.4. The van der Waals surface area contributed by atoms with Crippen LogP contribution in [0.15, 0.2) is 17.3 Å². The van der Waals surface area contributed by atoms with Crippen molar-refractivity contribution in [1.29, 1.82) is 0 Å². The zero-order valence-electron chi connectivity index (χ0n) is 39.7. The molecule has 62 heavy (non-hydrogen) atoms. The zero-order valence-corrected chi connectivity index (χ0v) is 39.7. The van der Waals surface area contributed by atoms with E-state index in [-0.39, 0.29) is 44.6 Å². The Bertz CT molecular complexity index is 1590. The maximum Gasteiger partial charge on any atom is 0.311 e. The summed E-state index contributed by atoms with van der Waals surface area (Å²) in [5.74, 6) is -4.78. The Morgan fingerprint density at radius 2 is 1.56 bits per heavy atom. The topological polar surface area (TPSA) is 200 Å². The molecule has 2 N–H and O–H groups in total. The number of hydrogen-bond acceptors (Lipinski definition) is 17. The molecule has 0 aromatic rings. The normalized spacial score (nSPS) is 44.9. The van der Waals surface area contributed by atoms with Gasteiger partial charge in [0.2, 0.25) is 0 Å². The standard InChI is InChI=1S/C45H76N2O15/c1-17-33-45(13,52)38(50)26(5)35-24(3)19-44(12,54-21-23(2)22-55-46-35)39(62-42-37(58-30(9)48)32(47(14)15)18-25(4)56-42)27(6)36(28(7)41(51)60-33)61-34-20-43(11,53-16)40(29(8)57-34)59-31(10)49/h24-29,32-34,36-40,42,50,52H,2,17-22H2,1,3-16H3/b46-35+/t24-,25-,26+,27+,28-,29+,32+,33-,34?,36+,37-,38-,39-,40+,42+,43-,44-,45-/m1/s1. The number of rotatable bonds is 9. The predicted molar refractivity (Wildman–Crippen MR) is 227 cm³/mol. The van der Waals surface area contributed by atoms with Crippen LogP contribution in [0.25, 0.3) is 0 Å². The number of ether oxygens (including phenoxy) is 9. The van der Waals surface area contributed by atoms with Crippen LogP contribution in [0.3, 0.4) is 0 Å². The van der Waals surface area contributed by atoms with Gasteiger partial charge < -0.3 is 62.6 Å². The Labute approximate surface area is 368 Å². The van der Waals surface area contributed by atoms with Gasteiger partial charge in [-0.25, -0.2) is 0 Å². The number of carbonyl (C=O) groups is 3. The van der Waals surface area contributed by atoms with E-state index >= 15 is 0 Å². The number of esters is 3. The summed E-state index contributed by atoms with van der Waals surface area (Å²) in [5.41, 5.74) is -3.25. The number of likely N-dealkylation sites (N-methyl/N-ethyl adjacent to an activating group) is 1. The van der Waals surface area contributed by atoms with E-state index in [9.17, 15) is 24.6 Å². The minimum Gasteiger partial charge on any atom is -0.459 e. The van der Waals surface area contributed by atoms with Crippen LogP contribution in [0, 0.1) is 23.7 Å². The number of fused-ring (bicyclic) bond motifs is 3. The van der Waals surface area contributed by atoms with Crippen LogP contribution in [0.5, 0.6) is 0 Å². The number of nitrogens with zero attached hydrogens (tertiary/aromatic N) is 2. The van der Waals surface area contributed by atoms with E-state index in [1.54, 1.807) is 34.6 Å². The lowest BCUT2D eigenvalue weighted by Crippen LogP contribution is -2.62. The number of aliphatic hydroxyl groups is 2. The van der Waals surface area contributed by atoms with E-state index in [0.717, 1.165) is 0 Å². The number of carbonyl (C=O) groups excluding carboxylic acids is 3. The molecule has 2 bridgehead atoms. The minimum absolute atomic E-state index is 0.0106. The van der Waals surface area contributed by atoms with E-state index in [2.05, 4.69) is 11.7 Å². The zero-order chi connectivity index (χ0) is 46.6. The highest BCUT2D eigenvalue weighted by Gasteiger charge is 2.55. The second-order valence-electron chi connectivity index (χ2n) is 19.0. The third-order valence-electron chi connectivity index (χ3n) is 13.4. The van der Waals surface area contributed by atoms with Gasteiger partial charge in [-0.1, -0.05) is 39.4 Å². The van der Waals surface area contributed by atoms with Gasteiger partial charge >= 0.3 is 17.9 Å². The van der Waals surface area contributed by atoms with Gasteiger partial charge in [-0.3, -0.25) is 14.4 Å². The molecule has 4 aliphatic rings.